The van der Waals surface area contributed by atoms with Crippen molar-refractivity contribution in [2.75, 3.05) is 11.4 Å². The second kappa shape index (κ2) is 6.18. The SMILES string of the molecule is CC(C)N(CCC#N)c1ccc2cc([N+](=O)[O-])ccc2n1. The van der Waals surface area contributed by atoms with E-state index >= 15 is 0 Å². The van der Waals surface area contributed by atoms with E-state index in [1.165, 1.54) is 12.1 Å². The Morgan fingerprint density at radius 3 is 2.76 bits per heavy atom. The lowest BCUT2D eigenvalue weighted by Crippen LogP contribution is -2.32. The zero-order chi connectivity index (χ0) is 15.4. The highest BCUT2D eigenvalue weighted by molar-refractivity contribution is 5.82. The van der Waals surface area contributed by atoms with Gasteiger partial charge in [-0.2, -0.15) is 5.26 Å². The number of anilines is 1. The summed E-state index contributed by atoms with van der Waals surface area (Å²) in [5, 5.41) is 20.2. The average molecular weight is 284 g/mol. The molecule has 0 radical (unpaired) electrons. The van der Waals surface area contributed by atoms with Gasteiger partial charge in [0.25, 0.3) is 5.69 Å². The Labute approximate surface area is 122 Å². The van der Waals surface area contributed by atoms with Crippen molar-refractivity contribution in [2.24, 2.45) is 0 Å². The van der Waals surface area contributed by atoms with Gasteiger partial charge in [0.15, 0.2) is 0 Å². The molecule has 0 aliphatic carbocycles. The lowest BCUT2D eigenvalue weighted by molar-refractivity contribution is -0.384. The standard InChI is InChI=1S/C15H16N4O2/c1-11(2)18(9-3-8-16)15-7-4-12-10-13(19(20)21)5-6-14(12)17-15/h4-7,10-11H,3,9H2,1-2H3. The van der Waals surface area contributed by atoms with Crippen molar-refractivity contribution < 1.29 is 4.92 Å². The lowest BCUT2D eigenvalue weighted by Gasteiger charge is -2.27. The van der Waals surface area contributed by atoms with E-state index in [0.29, 0.717) is 18.5 Å². The van der Waals surface area contributed by atoms with Gasteiger partial charge in [0.1, 0.15) is 5.82 Å². The number of nitriles is 1. The van der Waals surface area contributed by atoms with Gasteiger partial charge >= 0.3 is 0 Å². The van der Waals surface area contributed by atoms with Gasteiger partial charge in [-0.25, -0.2) is 4.98 Å². The third-order valence-corrected chi connectivity index (χ3v) is 3.25. The molecule has 2 aromatic rings. The fourth-order valence-electron chi connectivity index (χ4n) is 2.18. The molecular weight excluding hydrogens is 268 g/mol. The first-order valence-electron chi connectivity index (χ1n) is 6.71. The molecule has 1 aromatic carbocycles. The lowest BCUT2D eigenvalue weighted by atomic mass is 10.2. The molecule has 0 spiro atoms. The topological polar surface area (TPSA) is 83.1 Å². The molecule has 0 N–H and O–H groups in total. The zero-order valence-electron chi connectivity index (χ0n) is 12.0. The fraction of sp³-hybridized carbons (Fsp3) is 0.333. The van der Waals surface area contributed by atoms with Crippen molar-refractivity contribution in [3.05, 3.63) is 40.4 Å². The molecule has 21 heavy (non-hydrogen) atoms. The minimum Gasteiger partial charge on any atom is -0.353 e. The molecule has 6 heteroatoms. The summed E-state index contributed by atoms with van der Waals surface area (Å²) < 4.78 is 0. The molecule has 0 aliphatic heterocycles. The number of pyridine rings is 1. The smallest absolute Gasteiger partial charge is 0.270 e. The summed E-state index contributed by atoms with van der Waals surface area (Å²) in [6, 6.07) is 10.6. The summed E-state index contributed by atoms with van der Waals surface area (Å²) in [7, 11) is 0. The van der Waals surface area contributed by atoms with Crippen LogP contribution in [-0.2, 0) is 0 Å². The number of nitro groups is 1. The predicted octanol–water partition coefficient (Wildman–Crippen LogP) is 3.27. The Kier molecular flexibility index (Phi) is 4.33. The summed E-state index contributed by atoms with van der Waals surface area (Å²) in [6.07, 6.45) is 0.429. The number of nitrogens with zero attached hydrogens (tertiary/aromatic N) is 4. The molecule has 0 bridgehead atoms. The van der Waals surface area contributed by atoms with Crippen LogP contribution in [0.5, 0.6) is 0 Å². The highest BCUT2D eigenvalue weighted by atomic mass is 16.6. The third kappa shape index (κ3) is 3.26. The molecule has 0 unspecified atom stereocenters. The summed E-state index contributed by atoms with van der Waals surface area (Å²) in [5.74, 6) is 0.779. The monoisotopic (exact) mass is 284 g/mol. The summed E-state index contributed by atoms with van der Waals surface area (Å²) >= 11 is 0. The average Bonchev–Trinajstić information content (AvgIpc) is 2.46. The summed E-state index contributed by atoms with van der Waals surface area (Å²) in [4.78, 5) is 16.9. The van der Waals surface area contributed by atoms with E-state index in [9.17, 15) is 10.1 Å². The third-order valence-electron chi connectivity index (χ3n) is 3.25. The Balaban J connectivity index is 2.40. The van der Waals surface area contributed by atoms with Gasteiger partial charge in [-0.15, -0.1) is 0 Å². The maximum atomic E-state index is 10.8. The van der Waals surface area contributed by atoms with Gasteiger partial charge < -0.3 is 4.90 Å². The maximum absolute atomic E-state index is 10.8. The minimum absolute atomic E-state index is 0.0576. The van der Waals surface area contributed by atoms with Crippen LogP contribution in [0, 0.1) is 21.4 Å². The van der Waals surface area contributed by atoms with Gasteiger partial charge in [-0.3, -0.25) is 10.1 Å². The van der Waals surface area contributed by atoms with Crippen molar-refractivity contribution in [1.82, 2.24) is 4.98 Å². The zero-order valence-corrected chi connectivity index (χ0v) is 12.0. The van der Waals surface area contributed by atoms with Gasteiger partial charge in [-0.05, 0) is 32.0 Å². The molecule has 0 saturated carbocycles. The van der Waals surface area contributed by atoms with Crippen molar-refractivity contribution in [1.29, 1.82) is 5.26 Å². The Bertz CT molecular complexity index is 706. The Hall–Kier alpha value is -2.68. The van der Waals surface area contributed by atoms with E-state index in [0.717, 1.165) is 11.2 Å². The Morgan fingerprint density at radius 1 is 1.38 bits per heavy atom. The van der Waals surface area contributed by atoms with Crippen LogP contribution in [-0.4, -0.2) is 22.5 Å². The van der Waals surface area contributed by atoms with E-state index in [1.54, 1.807) is 6.07 Å². The van der Waals surface area contributed by atoms with Crippen molar-refractivity contribution in [3.63, 3.8) is 0 Å². The minimum atomic E-state index is -0.416. The van der Waals surface area contributed by atoms with Crippen LogP contribution >= 0.6 is 0 Å². The second-order valence-electron chi connectivity index (χ2n) is 5.00. The van der Waals surface area contributed by atoms with E-state index in [1.807, 2.05) is 30.9 Å². The number of nitro benzene ring substituents is 1. The molecule has 0 saturated heterocycles. The van der Waals surface area contributed by atoms with Crippen molar-refractivity contribution in [2.45, 2.75) is 26.3 Å². The number of fused-ring (bicyclic) bond motifs is 1. The first kappa shape index (κ1) is 14.7. The van der Waals surface area contributed by atoms with E-state index in [-0.39, 0.29) is 11.7 Å². The quantitative estimate of drug-likeness (QED) is 0.621. The highest BCUT2D eigenvalue weighted by Gasteiger charge is 2.13. The molecule has 0 aliphatic rings. The van der Waals surface area contributed by atoms with Crippen LogP contribution in [0.15, 0.2) is 30.3 Å². The van der Waals surface area contributed by atoms with Crippen molar-refractivity contribution in [3.8, 4) is 6.07 Å². The normalized spacial score (nSPS) is 10.6. The summed E-state index contributed by atoms with van der Waals surface area (Å²) in [6.45, 7) is 4.69. The van der Waals surface area contributed by atoms with Gasteiger partial charge in [-0.1, -0.05) is 0 Å². The molecule has 2 rings (SSSR count). The van der Waals surface area contributed by atoms with E-state index < -0.39 is 4.92 Å². The van der Waals surface area contributed by atoms with Gasteiger partial charge in [0.05, 0.1) is 22.9 Å². The number of non-ortho nitro benzene ring substituents is 1. The molecule has 0 atom stereocenters. The molecule has 1 heterocycles. The van der Waals surface area contributed by atoms with Crippen LogP contribution in [0.1, 0.15) is 20.3 Å². The Morgan fingerprint density at radius 2 is 2.14 bits per heavy atom. The predicted molar refractivity (Wildman–Crippen MR) is 81.1 cm³/mol. The largest absolute Gasteiger partial charge is 0.353 e. The molecule has 6 nitrogen and oxygen atoms in total. The maximum Gasteiger partial charge on any atom is 0.270 e. The number of hydrogen-bond acceptors (Lipinski definition) is 5. The fourth-order valence-corrected chi connectivity index (χ4v) is 2.18. The number of rotatable bonds is 5. The molecular formula is C15H16N4O2. The second-order valence-corrected chi connectivity index (χ2v) is 5.00. The van der Waals surface area contributed by atoms with Crippen molar-refractivity contribution >= 4 is 22.4 Å². The number of aromatic nitrogens is 1. The molecule has 0 amide bonds. The van der Waals surface area contributed by atoms with Crippen LogP contribution < -0.4 is 4.90 Å². The van der Waals surface area contributed by atoms with E-state index in [4.69, 9.17) is 5.26 Å². The molecule has 1 aromatic heterocycles. The highest BCUT2D eigenvalue weighted by Crippen LogP contribution is 2.23. The number of benzene rings is 1. The molecule has 108 valence electrons. The first-order valence-corrected chi connectivity index (χ1v) is 6.71. The van der Waals surface area contributed by atoms with Gasteiger partial charge in [0, 0.05) is 30.1 Å². The van der Waals surface area contributed by atoms with Crippen LogP contribution in [0.3, 0.4) is 0 Å². The number of hydrogen-bond donors (Lipinski definition) is 0. The van der Waals surface area contributed by atoms with Gasteiger partial charge in [0.2, 0.25) is 0 Å². The van der Waals surface area contributed by atoms with Crippen LogP contribution in [0.4, 0.5) is 11.5 Å². The van der Waals surface area contributed by atoms with Crippen LogP contribution in [0.2, 0.25) is 0 Å². The van der Waals surface area contributed by atoms with E-state index in [2.05, 4.69) is 11.1 Å². The molecule has 0 fully saturated rings. The summed E-state index contributed by atoms with van der Waals surface area (Å²) in [5.41, 5.74) is 0.767. The van der Waals surface area contributed by atoms with Crippen LogP contribution in [0.25, 0.3) is 10.9 Å². The first-order chi connectivity index (χ1) is 10.0.